The summed E-state index contributed by atoms with van der Waals surface area (Å²) in [6, 6.07) is 3.66. The van der Waals surface area contributed by atoms with Crippen molar-refractivity contribution in [2.75, 3.05) is 18.2 Å². The number of aryl methyl sites for hydroxylation is 2. The maximum absolute atomic E-state index is 14.1. The molecule has 130 valence electrons. The standard InChI is InChI=1S/C14H17FN4O4S/c1-8-13(16)14(19-9(2)18-8)17-7-10-4-5-11(6-12(10)15)23-24(20,21)22-3/h4-6H,7,16H2,1-3H3,(H,17,18,19). The Balaban J connectivity index is 2.14. The molecule has 1 aromatic carbocycles. The zero-order chi connectivity index (χ0) is 17.9. The summed E-state index contributed by atoms with van der Waals surface area (Å²) in [5.41, 5.74) is 7.17. The van der Waals surface area contributed by atoms with Crippen LogP contribution in [0.4, 0.5) is 15.9 Å². The van der Waals surface area contributed by atoms with Gasteiger partial charge in [0.1, 0.15) is 17.4 Å². The predicted octanol–water partition coefficient (Wildman–Crippen LogP) is 1.70. The Morgan fingerprint density at radius 2 is 2.00 bits per heavy atom. The van der Waals surface area contributed by atoms with Crippen LogP contribution in [0.15, 0.2) is 18.2 Å². The molecule has 0 bridgehead atoms. The van der Waals surface area contributed by atoms with Crippen LogP contribution in [-0.2, 0) is 21.1 Å². The fourth-order valence-corrected chi connectivity index (χ4v) is 2.32. The van der Waals surface area contributed by atoms with Gasteiger partial charge in [-0.25, -0.2) is 18.5 Å². The number of nitrogens with zero attached hydrogens (tertiary/aromatic N) is 2. The normalized spacial score (nSPS) is 11.3. The van der Waals surface area contributed by atoms with Crippen molar-refractivity contribution in [3.8, 4) is 5.75 Å². The van der Waals surface area contributed by atoms with E-state index in [-0.39, 0.29) is 17.9 Å². The monoisotopic (exact) mass is 356 g/mol. The molecular formula is C14H17FN4O4S. The van der Waals surface area contributed by atoms with Crippen LogP contribution in [0.2, 0.25) is 0 Å². The summed E-state index contributed by atoms with van der Waals surface area (Å²) in [6.45, 7) is 3.57. The van der Waals surface area contributed by atoms with Gasteiger partial charge in [0.2, 0.25) is 0 Å². The molecule has 0 aliphatic heterocycles. The molecule has 0 amide bonds. The minimum Gasteiger partial charge on any atom is -0.394 e. The molecular weight excluding hydrogens is 339 g/mol. The van der Waals surface area contributed by atoms with Gasteiger partial charge < -0.3 is 15.2 Å². The van der Waals surface area contributed by atoms with Gasteiger partial charge in [0.25, 0.3) is 0 Å². The first-order chi connectivity index (χ1) is 11.2. The highest BCUT2D eigenvalue weighted by molar-refractivity contribution is 7.82. The smallest absolute Gasteiger partial charge is 0.394 e. The second kappa shape index (κ2) is 6.97. The molecule has 0 aliphatic rings. The quantitative estimate of drug-likeness (QED) is 0.803. The molecule has 0 atom stereocenters. The number of aromatic nitrogens is 2. The zero-order valence-corrected chi connectivity index (χ0v) is 14.1. The third-order valence-corrected chi connectivity index (χ3v) is 3.93. The molecule has 8 nitrogen and oxygen atoms in total. The molecule has 10 heteroatoms. The van der Waals surface area contributed by atoms with E-state index in [2.05, 4.69) is 23.7 Å². The number of hydrogen-bond donors (Lipinski definition) is 2. The summed E-state index contributed by atoms with van der Waals surface area (Å²) < 4.78 is 45.1. The van der Waals surface area contributed by atoms with Crippen LogP contribution in [0.5, 0.6) is 5.75 Å². The van der Waals surface area contributed by atoms with Crippen molar-refractivity contribution in [1.29, 1.82) is 0 Å². The number of hydrogen-bond acceptors (Lipinski definition) is 8. The van der Waals surface area contributed by atoms with E-state index in [4.69, 9.17) is 5.73 Å². The average molecular weight is 356 g/mol. The molecule has 0 unspecified atom stereocenters. The lowest BCUT2D eigenvalue weighted by molar-refractivity contribution is 0.330. The molecule has 0 saturated heterocycles. The van der Waals surface area contributed by atoms with Crippen LogP contribution >= 0.6 is 0 Å². The number of anilines is 2. The molecule has 0 saturated carbocycles. The van der Waals surface area contributed by atoms with Gasteiger partial charge in [0, 0.05) is 18.2 Å². The van der Waals surface area contributed by atoms with E-state index in [1.165, 1.54) is 12.1 Å². The third kappa shape index (κ3) is 4.30. The van der Waals surface area contributed by atoms with Gasteiger partial charge in [-0.3, -0.25) is 0 Å². The van der Waals surface area contributed by atoms with Crippen LogP contribution in [-0.4, -0.2) is 25.5 Å². The maximum Gasteiger partial charge on any atom is 0.448 e. The first-order valence-corrected chi connectivity index (χ1v) is 8.18. The molecule has 24 heavy (non-hydrogen) atoms. The van der Waals surface area contributed by atoms with E-state index >= 15 is 0 Å². The van der Waals surface area contributed by atoms with E-state index in [1.54, 1.807) is 13.8 Å². The number of nitrogens with two attached hydrogens (primary N) is 1. The number of rotatable bonds is 6. The molecule has 0 radical (unpaired) electrons. The van der Waals surface area contributed by atoms with Crippen LogP contribution in [0, 0.1) is 19.7 Å². The van der Waals surface area contributed by atoms with Gasteiger partial charge in [0.05, 0.1) is 18.5 Å². The largest absolute Gasteiger partial charge is 0.448 e. The van der Waals surface area contributed by atoms with Gasteiger partial charge in [-0.2, -0.15) is 8.42 Å². The van der Waals surface area contributed by atoms with E-state index in [0.717, 1.165) is 13.2 Å². The third-order valence-electron chi connectivity index (χ3n) is 3.12. The second-order valence-corrected chi connectivity index (χ2v) is 6.20. The number of nitrogens with one attached hydrogen (secondary N) is 1. The highest BCUT2D eigenvalue weighted by Gasteiger charge is 2.13. The summed E-state index contributed by atoms with van der Waals surface area (Å²) in [5.74, 6) is 0.110. The van der Waals surface area contributed by atoms with Gasteiger partial charge in [-0.1, -0.05) is 6.07 Å². The van der Waals surface area contributed by atoms with Crippen LogP contribution < -0.4 is 15.2 Å². The molecule has 2 aromatic rings. The minimum atomic E-state index is -4.19. The second-order valence-electron chi connectivity index (χ2n) is 4.88. The Bertz CT molecular complexity index is 858. The molecule has 1 heterocycles. The highest BCUT2D eigenvalue weighted by atomic mass is 32.3. The number of halogens is 1. The van der Waals surface area contributed by atoms with Crippen molar-refractivity contribution in [1.82, 2.24) is 9.97 Å². The van der Waals surface area contributed by atoms with Crippen molar-refractivity contribution >= 4 is 21.9 Å². The van der Waals surface area contributed by atoms with Gasteiger partial charge in [-0.15, -0.1) is 0 Å². The molecule has 0 spiro atoms. The Kier molecular flexibility index (Phi) is 5.20. The fraction of sp³-hybridized carbons (Fsp3) is 0.286. The summed E-state index contributed by atoms with van der Waals surface area (Å²) in [7, 11) is -3.24. The molecule has 1 aromatic heterocycles. The fourth-order valence-electron chi connectivity index (χ4n) is 1.91. The van der Waals surface area contributed by atoms with Crippen LogP contribution in [0.3, 0.4) is 0 Å². The van der Waals surface area contributed by atoms with Gasteiger partial charge >= 0.3 is 10.4 Å². The van der Waals surface area contributed by atoms with Crippen LogP contribution in [0.25, 0.3) is 0 Å². The van der Waals surface area contributed by atoms with Crippen molar-refractivity contribution in [3.63, 3.8) is 0 Å². The number of benzene rings is 1. The minimum absolute atomic E-state index is 0.100. The SMILES string of the molecule is COS(=O)(=O)Oc1ccc(CNc2nc(C)nc(C)c2N)c(F)c1. The number of nitrogen functional groups attached to an aromatic ring is 1. The lowest BCUT2D eigenvalue weighted by Gasteiger charge is -2.12. The van der Waals surface area contributed by atoms with E-state index in [1.807, 2.05) is 0 Å². The average Bonchev–Trinajstić information content (AvgIpc) is 2.50. The van der Waals surface area contributed by atoms with Crippen molar-refractivity contribution in [2.45, 2.75) is 20.4 Å². The van der Waals surface area contributed by atoms with Crippen molar-refractivity contribution < 1.29 is 21.2 Å². The zero-order valence-electron chi connectivity index (χ0n) is 13.3. The lowest BCUT2D eigenvalue weighted by Crippen LogP contribution is -2.11. The molecule has 2 rings (SSSR count). The maximum atomic E-state index is 14.1. The van der Waals surface area contributed by atoms with Gasteiger partial charge in [0.15, 0.2) is 5.82 Å². The van der Waals surface area contributed by atoms with Gasteiger partial charge in [-0.05, 0) is 19.9 Å². The topological polar surface area (TPSA) is 116 Å². The Morgan fingerprint density at radius 3 is 2.62 bits per heavy atom. The lowest BCUT2D eigenvalue weighted by atomic mass is 10.2. The molecule has 0 fully saturated rings. The summed E-state index contributed by atoms with van der Waals surface area (Å²) in [6.07, 6.45) is 0. The summed E-state index contributed by atoms with van der Waals surface area (Å²) in [5, 5.41) is 2.93. The Hall–Kier alpha value is -2.46. The van der Waals surface area contributed by atoms with E-state index in [9.17, 15) is 12.8 Å². The predicted molar refractivity (Wildman–Crippen MR) is 86.2 cm³/mol. The van der Waals surface area contributed by atoms with Crippen LogP contribution in [0.1, 0.15) is 17.1 Å². The van der Waals surface area contributed by atoms with E-state index < -0.39 is 16.2 Å². The van der Waals surface area contributed by atoms with E-state index in [0.29, 0.717) is 23.0 Å². The van der Waals surface area contributed by atoms with Crippen molar-refractivity contribution in [3.05, 3.63) is 41.1 Å². The molecule has 3 N–H and O–H groups in total. The highest BCUT2D eigenvalue weighted by Crippen LogP contribution is 2.22. The molecule has 0 aliphatic carbocycles. The first-order valence-electron chi connectivity index (χ1n) is 6.85. The summed E-state index contributed by atoms with van der Waals surface area (Å²) >= 11 is 0. The summed E-state index contributed by atoms with van der Waals surface area (Å²) in [4.78, 5) is 8.29. The first kappa shape index (κ1) is 17.9. The van der Waals surface area contributed by atoms with Crippen molar-refractivity contribution in [2.24, 2.45) is 0 Å². The Labute approximate surface area is 139 Å². The Morgan fingerprint density at radius 1 is 1.29 bits per heavy atom.